The monoisotopic (exact) mass is 530 g/mol. The third kappa shape index (κ3) is 5.38. The zero-order valence-corrected chi connectivity index (χ0v) is 18.3. The van der Waals surface area contributed by atoms with Crippen LogP contribution in [0.3, 0.4) is 0 Å². The fourth-order valence-electron chi connectivity index (χ4n) is 2.17. The summed E-state index contributed by atoms with van der Waals surface area (Å²) in [5.74, 6) is -0.579. The first-order valence-electron chi connectivity index (χ1n) is 7.70. The summed E-state index contributed by atoms with van der Waals surface area (Å²) >= 11 is 14.0. The molecule has 0 atom stereocenters. The van der Waals surface area contributed by atoms with Crippen molar-refractivity contribution in [1.82, 2.24) is 0 Å². The summed E-state index contributed by atoms with van der Waals surface area (Å²) in [7, 11) is 1.42. The number of anilines is 1. The molecule has 0 aliphatic heterocycles. The molecule has 1 amide bonds. The Hall–Kier alpha value is -2.28. The largest absolute Gasteiger partial charge is 0.493 e. The number of nitriles is 1. The van der Waals surface area contributed by atoms with Crippen LogP contribution < -0.4 is 14.8 Å². The predicted molar refractivity (Wildman–Crippen MR) is 116 cm³/mol. The van der Waals surface area contributed by atoms with E-state index in [1.165, 1.54) is 20.1 Å². The van der Waals surface area contributed by atoms with Crippen molar-refractivity contribution in [3.63, 3.8) is 0 Å². The van der Waals surface area contributed by atoms with E-state index in [4.69, 9.17) is 32.7 Å². The Morgan fingerprint density at radius 2 is 2.00 bits per heavy atom. The number of amides is 1. The van der Waals surface area contributed by atoms with Gasteiger partial charge in [-0.2, -0.15) is 5.26 Å². The lowest BCUT2D eigenvalue weighted by Crippen LogP contribution is -2.13. The number of rotatable bonds is 5. The molecule has 0 aromatic heterocycles. The van der Waals surface area contributed by atoms with Gasteiger partial charge in [-0.05, 0) is 58.5 Å². The van der Waals surface area contributed by atoms with Gasteiger partial charge in [-0.3, -0.25) is 9.59 Å². The Morgan fingerprint density at radius 1 is 1.29 bits per heavy atom. The summed E-state index contributed by atoms with van der Waals surface area (Å²) < 4.78 is 11.0. The van der Waals surface area contributed by atoms with Crippen molar-refractivity contribution in [2.24, 2.45) is 0 Å². The maximum Gasteiger partial charge on any atom is 0.308 e. The van der Waals surface area contributed by atoms with Gasteiger partial charge in [0.2, 0.25) is 0 Å². The second kappa shape index (κ2) is 9.78. The molecule has 0 radical (unpaired) electrons. The van der Waals surface area contributed by atoms with E-state index in [2.05, 4.69) is 5.32 Å². The third-order valence-corrected chi connectivity index (χ3v) is 4.99. The predicted octanol–water partition coefficient (Wildman–Crippen LogP) is 5.08. The van der Waals surface area contributed by atoms with Crippen LogP contribution in [0.25, 0.3) is 6.08 Å². The standard InChI is InChI=1S/C19H13Cl2IN2O4/c1-10(25)28-18-14(22)7-11(8-16(18)27-2)6-12(9-23)19(26)24-15-5-3-4-13(20)17(15)21/h3-8H,1-2H3,(H,24,26)/b12-6+. The van der Waals surface area contributed by atoms with Crippen molar-refractivity contribution < 1.29 is 19.1 Å². The molecule has 0 unspecified atom stereocenters. The Bertz CT molecular complexity index is 1020. The minimum absolute atomic E-state index is 0.158. The number of ether oxygens (including phenoxy) is 2. The fraction of sp³-hybridized carbons (Fsp3) is 0.105. The Labute approximate surface area is 185 Å². The zero-order valence-electron chi connectivity index (χ0n) is 14.7. The van der Waals surface area contributed by atoms with Crippen LogP contribution >= 0.6 is 45.8 Å². The summed E-state index contributed by atoms with van der Waals surface area (Å²) in [5.41, 5.74) is 0.646. The van der Waals surface area contributed by atoms with Crippen molar-refractivity contribution in [3.8, 4) is 17.6 Å². The lowest BCUT2D eigenvalue weighted by molar-refractivity contribution is -0.132. The van der Waals surface area contributed by atoms with Crippen LogP contribution in [0.5, 0.6) is 11.5 Å². The lowest BCUT2D eigenvalue weighted by atomic mass is 10.1. The van der Waals surface area contributed by atoms with Gasteiger partial charge < -0.3 is 14.8 Å². The molecule has 2 rings (SSSR count). The van der Waals surface area contributed by atoms with E-state index in [1.54, 1.807) is 30.3 Å². The average Bonchev–Trinajstić information content (AvgIpc) is 2.64. The minimum Gasteiger partial charge on any atom is -0.493 e. The van der Waals surface area contributed by atoms with E-state index in [1.807, 2.05) is 28.7 Å². The zero-order chi connectivity index (χ0) is 20.8. The van der Waals surface area contributed by atoms with Gasteiger partial charge in [-0.1, -0.05) is 29.3 Å². The molecule has 0 aliphatic rings. The van der Waals surface area contributed by atoms with Crippen molar-refractivity contribution in [3.05, 3.63) is 55.1 Å². The first kappa shape index (κ1) is 22.0. The number of carbonyl (C=O) groups is 2. The van der Waals surface area contributed by atoms with Crippen LogP contribution in [0, 0.1) is 14.9 Å². The molecular formula is C19H13Cl2IN2O4. The number of halogens is 3. The highest BCUT2D eigenvalue weighted by Crippen LogP contribution is 2.35. The van der Waals surface area contributed by atoms with Gasteiger partial charge in [0.1, 0.15) is 11.6 Å². The third-order valence-electron chi connectivity index (χ3n) is 3.37. The molecule has 1 N–H and O–H groups in total. The lowest BCUT2D eigenvalue weighted by Gasteiger charge is -2.11. The van der Waals surface area contributed by atoms with Crippen molar-refractivity contribution in [2.75, 3.05) is 12.4 Å². The second-order valence-corrected chi connectivity index (χ2v) is 7.30. The molecule has 0 aliphatic carbocycles. The maximum absolute atomic E-state index is 12.5. The van der Waals surface area contributed by atoms with Gasteiger partial charge >= 0.3 is 5.97 Å². The average molecular weight is 531 g/mol. The number of benzene rings is 2. The van der Waals surface area contributed by atoms with E-state index in [0.29, 0.717) is 14.9 Å². The Morgan fingerprint density at radius 3 is 2.61 bits per heavy atom. The highest BCUT2D eigenvalue weighted by Gasteiger charge is 2.16. The van der Waals surface area contributed by atoms with E-state index in [9.17, 15) is 14.9 Å². The molecule has 0 fully saturated rings. The highest BCUT2D eigenvalue weighted by atomic mass is 127. The highest BCUT2D eigenvalue weighted by molar-refractivity contribution is 14.1. The molecule has 0 saturated carbocycles. The van der Waals surface area contributed by atoms with Crippen LogP contribution in [0.1, 0.15) is 12.5 Å². The van der Waals surface area contributed by atoms with Crippen LogP contribution in [-0.4, -0.2) is 19.0 Å². The van der Waals surface area contributed by atoms with Crippen LogP contribution in [0.4, 0.5) is 5.69 Å². The molecule has 9 heteroatoms. The van der Waals surface area contributed by atoms with E-state index >= 15 is 0 Å². The first-order valence-corrected chi connectivity index (χ1v) is 9.53. The first-order chi connectivity index (χ1) is 13.3. The summed E-state index contributed by atoms with van der Waals surface area (Å²) in [5, 5.41) is 12.4. The maximum atomic E-state index is 12.5. The number of hydrogen-bond acceptors (Lipinski definition) is 5. The van der Waals surface area contributed by atoms with Crippen LogP contribution in [0.15, 0.2) is 35.9 Å². The Balaban J connectivity index is 2.37. The van der Waals surface area contributed by atoms with E-state index < -0.39 is 11.9 Å². The molecule has 0 spiro atoms. The fourth-order valence-corrected chi connectivity index (χ4v) is 3.25. The van der Waals surface area contributed by atoms with E-state index in [-0.39, 0.29) is 27.1 Å². The van der Waals surface area contributed by atoms with Gasteiger partial charge in [0.15, 0.2) is 11.5 Å². The molecule has 6 nitrogen and oxygen atoms in total. The SMILES string of the molecule is COc1cc(/C=C(\C#N)C(=O)Nc2cccc(Cl)c2Cl)cc(I)c1OC(C)=O. The Kier molecular flexibility index (Phi) is 7.69. The number of nitrogens with one attached hydrogen (secondary N) is 1. The van der Waals surface area contributed by atoms with Gasteiger partial charge in [0.25, 0.3) is 5.91 Å². The van der Waals surface area contributed by atoms with E-state index in [0.717, 1.165) is 0 Å². The molecule has 144 valence electrons. The van der Waals surface area contributed by atoms with Crippen molar-refractivity contribution in [1.29, 1.82) is 5.26 Å². The van der Waals surface area contributed by atoms with Crippen molar-refractivity contribution >= 4 is 69.4 Å². The number of nitrogens with zero attached hydrogens (tertiary/aromatic N) is 1. The summed E-state index contributed by atoms with van der Waals surface area (Å²) in [4.78, 5) is 23.7. The molecule has 2 aromatic rings. The van der Waals surface area contributed by atoms with Crippen LogP contribution in [0.2, 0.25) is 10.0 Å². The molecule has 2 aromatic carbocycles. The van der Waals surface area contributed by atoms with Crippen molar-refractivity contribution in [2.45, 2.75) is 6.92 Å². The topological polar surface area (TPSA) is 88.4 Å². The van der Waals surface area contributed by atoms with Gasteiger partial charge in [-0.15, -0.1) is 0 Å². The second-order valence-electron chi connectivity index (χ2n) is 5.35. The normalized spacial score (nSPS) is 10.8. The minimum atomic E-state index is -0.648. The quantitative estimate of drug-likeness (QED) is 0.191. The number of carbonyl (C=O) groups excluding carboxylic acids is 2. The number of methoxy groups -OCH3 is 1. The number of esters is 1. The molecule has 0 saturated heterocycles. The van der Waals surface area contributed by atoms with Gasteiger partial charge in [0.05, 0.1) is 26.4 Å². The summed E-state index contributed by atoms with van der Waals surface area (Å²) in [6, 6.07) is 9.84. The molecule has 0 bridgehead atoms. The van der Waals surface area contributed by atoms with Gasteiger partial charge in [-0.25, -0.2) is 0 Å². The molecular weight excluding hydrogens is 518 g/mol. The molecule has 28 heavy (non-hydrogen) atoms. The number of hydrogen-bond donors (Lipinski definition) is 1. The van der Waals surface area contributed by atoms with Gasteiger partial charge in [0, 0.05) is 6.92 Å². The summed E-state index contributed by atoms with van der Waals surface area (Å²) in [6.07, 6.45) is 1.38. The molecule has 0 heterocycles. The van der Waals surface area contributed by atoms with Crippen LogP contribution in [-0.2, 0) is 9.59 Å². The smallest absolute Gasteiger partial charge is 0.308 e. The summed E-state index contributed by atoms with van der Waals surface area (Å²) in [6.45, 7) is 1.28.